The summed E-state index contributed by atoms with van der Waals surface area (Å²) in [5, 5.41) is 2.66. The average molecular weight is 376 g/mol. The van der Waals surface area contributed by atoms with Crippen LogP contribution in [0, 0.1) is 6.92 Å². The Morgan fingerprint density at radius 1 is 1.23 bits per heavy atom. The van der Waals surface area contributed by atoms with Gasteiger partial charge in [-0.15, -0.1) is 0 Å². The van der Waals surface area contributed by atoms with E-state index in [1.807, 2.05) is 13.0 Å². The predicted octanol–water partition coefficient (Wildman–Crippen LogP) is 2.24. The summed E-state index contributed by atoms with van der Waals surface area (Å²) in [7, 11) is -3.26. The van der Waals surface area contributed by atoms with Crippen LogP contribution in [-0.2, 0) is 10.0 Å². The van der Waals surface area contributed by atoms with Crippen LogP contribution in [0.25, 0.3) is 0 Å². The lowest BCUT2D eigenvalue weighted by Crippen LogP contribution is -2.42. The van der Waals surface area contributed by atoms with E-state index >= 15 is 0 Å². The molecule has 0 aromatic carbocycles. The second kappa shape index (κ2) is 7.63. The first-order valence-electron chi connectivity index (χ1n) is 8.75. The third-order valence-corrected chi connectivity index (χ3v) is 6.66. The van der Waals surface area contributed by atoms with Crippen molar-refractivity contribution in [3.63, 3.8) is 0 Å². The first-order valence-corrected chi connectivity index (χ1v) is 10.2. The van der Waals surface area contributed by atoms with Gasteiger partial charge in [-0.2, -0.15) is 0 Å². The molecule has 140 valence electrons. The number of hydrogen-bond donors (Lipinski definition) is 1. The Balaban J connectivity index is 1.82. The minimum atomic E-state index is -3.26. The lowest BCUT2D eigenvalue weighted by Gasteiger charge is -2.33. The number of nitrogens with one attached hydrogen (secondary N) is 1. The normalized spacial score (nSPS) is 18.8. The van der Waals surface area contributed by atoms with Crippen LogP contribution in [-0.4, -0.2) is 51.0 Å². The van der Waals surface area contributed by atoms with Crippen LogP contribution < -0.4 is 5.32 Å². The molecular formula is C17H24N6O2S. The number of anilines is 2. The second-order valence-corrected chi connectivity index (χ2v) is 9.20. The molecule has 1 atom stereocenters. The highest BCUT2D eigenvalue weighted by atomic mass is 32.2. The molecule has 1 N–H and O–H groups in total. The molecule has 0 spiro atoms. The molecule has 0 radical (unpaired) electrons. The minimum Gasteiger partial charge on any atom is -0.309 e. The fraction of sp³-hybridized carbons (Fsp3) is 0.529. The Morgan fingerprint density at radius 2 is 1.96 bits per heavy atom. The summed E-state index contributed by atoms with van der Waals surface area (Å²) in [6.45, 7) is 6.29. The van der Waals surface area contributed by atoms with Crippen LogP contribution in [0.15, 0.2) is 24.5 Å². The maximum atomic E-state index is 12.5. The molecule has 0 aliphatic carbocycles. The Bertz CT molecular complexity index is 857. The number of aromatic nitrogens is 4. The van der Waals surface area contributed by atoms with Gasteiger partial charge in [0, 0.05) is 37.5 Å². The van der Waals surface area contributed by atoms with Crippen molar-refractivity contribution in [3.8, 4) is 0 Å². The Morgan fingerprint density at radius 3 is 2.65 bits per heavy atom. The quantitative estimate of drug-likeness (QED) is 0.854. The molecule has 1 aliphatic heterocycles. The lowest BCUT2D eigenvalue weighted by molar-refractivity contribution is 0.310. The molecule has 3 heterocycles. The van der Waals surface area contributed by atoms with Crippen molar-refractivity contribution in [3.05, 3.63) is 36.0 Å². The van der Waals surface area contributed by atoms with Gasteiger partial charge in [-0.25, -0.2) is 32.7 Å². The van der Waals surface area contributed by atoms with Gasteiger partial charge in [-0.05, 0) is 39.7 Å². The van der Waals surface area contributed by atoms with Crippen LogP contribution >= 0.6 is 0 Å². The summed E-state index contributed by atoms with van der Waals surface area (Å²) in [4.78, 5) is 17.2. The number of hydrogen-bond acceptors (Lipinski definition) is 7. The topological polar surface area (TPSA) is 101 Å². The van der Waals surface area contributed by atoms with Crippen molar-refractivity contribution in [1.29, 1.82) is 0 Å². The van der Waals surface area contributed by atoms with E-state index in [4.69, 9.17) is 0 Å². The molecule has 2 aromatic rings. The maximum absolute atomic E-state index is 12.5. The van der Waals surface area contributed by atoms with E-state index in [-0.39, 0.29) is 5.92 Å². The molecule has 1 saturated heterocycles. The van der Waals surface area contributed by atoms with E-state index < -0.39 is 15.3 Å². The minimum absolute atomic E-state index is 0.0521. The molecule has 1 fully saturated rings. The molecule has 1 unspecified atom stereocenters. The van der Waals surface area contributed by atoms with E-state index in [9.17, 15) is 8.42 Å². The number of rotatable bonds is 5. The largest absolute Gasteiger partial charge is 0.309 e. The van der Waals surface area contributed by atoms with Gasteiger partial charge in [-0.1, -0.05) is 0 Å². The SMILES string of the molecule is Cc1nc(Nc2ncccn2)cc(C2CCCN(S(=O)(=O)C(C)C)C2)n1. The number of aryl methyl sites for hydroxylation is 1. The fourth-order valence-corrected chi connectivity index (χ4v) is 4.42. The molecule has 0 saturated carbocycles. The van der Waals surface area contributed by atoms with E-state index in [2.05, 4.69) is 25.3 Å². The Hall–Kier alpha value is -2.13. The zero-order chi connectivity index (χ0) is 18.7. The van der Waals surface area contributed by atoms with Crippen molar-refractivity contribution in [2.75, 3.05) is 18.4 Å². The molecule has 0 amide bonds. The van der Waals surface area contributed by atoms with Gasteiger partial charge in [0.2, 0.25) is 16.0 Å². The molecule has 3 rings (SSSR count). The highest BCUT2D eigenvalue weighted by Crippen LogP contribution is 2.29. The summed E-state index contributed by atoms with van der Waals surface area (Å²) >= 11 is 0. The standard InChI is InChI=1S/C17H24N6O2S/c1-12(2)26(24,25)23-9-4-6-14(11-23)15-10-16(21-13(3)20-15)22-17-18-7-5-8-19-17/h5,7-8,10,12,14H,4,6,9,11H2,1-3H3,(H,18,19,20,21,22). The third kappa shape index (κ3) is 4.16. The van der Waals surface area contributed by atoms with E-state index in [0.717, 1.165) is 18.5 Å². The van der Waals surface area contributed by atoms with Crippen molar-refractivity contribution >= 4 is 21.8 Å². The molecule has 2 aromatic heterocycles. The van der Waals surface area contributed by atoms with Gasteiger partial charge in [0.15, 0.2) is 0 Å². The monoisotopic (exact) mass is 376 g/mol. The maximum Gasteiger partial charge on any atom is 0.228 e. The van der Waals surface area contributed by atoms with Gasteiger partial charge in [0.25, 0.3) is 0 Å². The molecule has 26 heavy (non-hydrogen) atoms. The van der Waals surface area contributed by atoms with Crippen LogP contribution in [0.3, 0.4) is 0 Å². The first kappa shape index (κ1) is 18.7. The molecule has 9 heteroatoms. The van der Waals surface area contributed by atoms with Gasteiger partial charge in [-0.3, -0.25) is 0 Å². The predicted molar refractivity (Wildman–Crippen MR) is 99.7 cm³/mol. The number of nitrogens with zero attached hydrogens (tertiary/aromatic N) is 5. The van der Waals surface area contributed by atoms with Crippen molar-refractivity contribution < 1.29 is 8.42 Å². The van der Waals surface area contributed by atoms with Gasteiger partial charge in [0.1, 0.15) is 11.6 Å². The molecule has 1 aliphatic rings. The Kier molecular flexibility index (Phi) is 5.47. The Labute approximate surface area is 154 Å². The summed E-state index contributed by atoms with van der Waals surface area (Å²) in [6.07, 6.45) is 5.03. The highest BCUT2D eigenvalue weighted by Gasteiger charge is 2.32. The summed E-state index contributed by atoms with van der Waals surface area (Å²) < 4.78 is 26.6. The van der Waals surface area contributed by atoms with E-state index in [0.29, 0.717) is 30.7 Å². The van der Waals surface area contributed by atoms with Crippen molar-refractivity contribution in [2.24, 2.45) is 0 Å². The zero-order valence-corrected chi connectivity index (χ0v) is 16.1. The summed E-state index contributed by atoms with van der Waals surface area (Å²) in [6, 6.07) is 3.60. The van der Waals surface area contributed by atoms with Crippen LogP contribution in [0.4, 0.5) is 11.8 Å². The zero-order valence-electron chi connectivity index (χ0n) is 15.3. The lowest BCUT2D eigenvalue weighted by atomic mass is 9.96. The highest BCUT2D eigenvalue weighted by molar-refractivity contribution is 7.89. The van der Waals surface area contributed by atoms with Crippen LogP contribution in [0.2, 0.25) is 0 Å². The van der Waals surface area contributed by atoms with Gasteiger partial charge in [0.05, 0.1) is 10.9 Å². The molecule has 8 nitrogen and oxygen atoms in total. The second-order valence-electron chi connectivity index (χ2n) is 6.71. The van der Waals surface area contributed by atoms with Crippen molar-refractivity contribution in [2.45, 2.75) is 44.8 Å². The molecular weight excluding hydrogens is 352 g/mol. The smallest absolute Gasteiger partial charge is 0.228 e. The number of sulfonamides is 1. The van der Waals surface area contributed by atoms with Crippen molar-refractivity contribution in [1.82, 2.24) is 24.2 Å². The van der Waals surface area contributed by atoms with Gasteiger partial charge < -0.3 is 5.32 Å². The first-order chi connectivity index (χ1) is 12.4. The summed E-state index contributed by atoms with van der Waals surface area (Å²) in [5.74, 6) is 1.76. The van der Waals surface area contributed by atoms with Crippen LogP contribution in [0.5, 0.6) is 0 Å². The van der Waals surface area contributed by atoms with E-state index in [1.54, 1.807) is 36.6 Å². The molecule has 0 bridgehead atoms. The van der Waals surface area contributed by atoms with E-state index in [1.165, 1.54) is 0 Å². The third-order valence-electron chi connectivity index (χ3n) is 4.42. The summed E-state index contributed by atoms with van der Waals surface area (Å²) in [5.41, 5.74) is 0.847. The fourth-order valence-electron chi connectivity index (χ4n) is 3.06. The number of piperidine rings is 1. The van der Waals surface area contributed by atoms with Gasteiger partial charge >= 0.3 is 0 Å². The van der Waals surface area contributed by atoms with Crippen LogP contribution in [0.1, 0.15) is 44.1 Å². The average Bonchev–Trinajstić information content (AvgIpc) is 2.62.